The van der Waals surface area contributed by atoms with Gasteiger partial charge in [0.15, 0.2) is 0 Å². The Labute approximate surface area is 115 Å². The van der Waals surface area contributed by atoms with E-state index in [1.54, 1.807) is 0 Å². The molecular formula is C17H23NO. The summed E-state index contributed by atoms with van der Waals surface area (Å²) < 4.78 is 6.02. The van der Waals surface area contributed by atoms with Gasteiger partial charge in [-0.05, 0) is 43.2 Å². The van der Waals surface area contributed by atoms with Crippen LogP contribution in [-0.4, -0.2) is 0 Å². The zero-order chi connectivity index (χ0) is 13.4. The molecule has 2 heteroatoms. The molecule has 0 aliphatic heterocycles. The Morgan fingerprint density at radius 1 is 1.21 bits per heavy atom. The average Bonchev–Trinajstić information content (AvgIpc) is 2.84. The van der Waals surface area contributed by atoms with E-state index in [2.05, 4.69) is 38.1 Å². The summed E-state index contributed by atoms with van der Waals surface area (Å²) in [5, 5.41) is 1.18. The van der Waals surface area contributed by atoms with Gasteiger partial charge >= 0.3 is 0 Å². The Bertz CT molecular complexity index is 564. The second kappa shape index (κ2) is 5.01. The lowest BCUT2D eigenvalue weighted by molar-refractivity contribution is 0.241. The third-order valence-corrected chi connectivity index (χ3v) is 4.66. The fourth-order valence-electron chi connectivity index (χ4n) is 3.27. The van der Waals surface area contributed by atoms with Crippen molar-refractivity contribution in [3.8, 4) is 0 Å². The predicted octanol–water partition coefficient (Wildman–Crippen LogP) is 4.57. The number of furan rings is 1. The number of hydrogen-bond acceptors (Lipinski definition) is 2. The van der Waals surface area contributed by atoms with E-state index in [1.807, 2.05) is 0 Å². The lowest BCUT2D eigenvalue weighted by Gasteiger charge is -2.29. The molecule has 1 aromatic carbocycles. The molecule has 1 heterocycles. The van der Waals surface area contributed by atoms with Gasteiger partial charge in [0.05, 0.1) is 6.04 Å². The molecule has 0 radical (unpaired) electrons. The third-order valence-electron chi connectivity index (χ3n) is 4.66. The van der Waals surface area contributed by atoms with Crippen molar-refractivity contribution in [3.63, 3.8) is 0 Å². The van der Waals surface area contributed by atoms with Crippen LogP contribution >= 0.6 is 0 Å². The number of para-hydroxylation sites is 1. The fourth-order valence-corrected chi connectivity index (χ4v) is 3.27. The molecule has 0 bridgehead atoms. The Balaban J connectivity index is 1.85. The molecule has 1 saturated carbocycles. The van der Waals surface area contributed by atoms with E-state index in [0.717, 1.165) is 17.3 Å². The first-order valence-electron chi connectivity index (χ1n) is 7.40. The van der Waals surface area contributed by atoms with E-state index in [1.165, 1.54) is 36.6 Å². The third kappa shape index (κ3) is 2.42. The molecule has 1 fully saturated rings. The monoisotopic (exact) mass is 257 g/mol. The van der Waals surface area contributed by atoms with E-state index in [-0.39, 0.29) is 6.04 Å². The summed E-state index contributed by atoms with van der Waals surface area (Å²) in [5.41, 5.74) is 8.62. The van der Waals surface area contributed by atoms with Gasteiger partial charge in [-0.1, -0.05) is 38.0 Å². The average molecular weight is 257 g/mol. The molecule has 0 saturated heterocycles. The van der Waals surface area contributed by atoms with Crippen LogP contribution in [0, 0.1) is 18.8 Å². The van der Waals surface area contributed by atoms with E-state index in [0.29, 0.717) is 5.92 Å². The number of fused-ring (bicyclic) bond motifs is 1. The van der Waals surface area contributed by atoms with Gasteiger partial charge in [-0.3, -0.25) is 0 Å². The molecule has 2 N–H and O–H groups in total. The van der Waals surface area contributed by atoms with Crippen LogP contribution in [0.2, 0.25) is 0 Å². The predicted molar refractivity (Wildman–Crippen MR) is 79.0 cm³/mol. The minimum absolute atomic E-state index is 0.0549. The number of nitrogens with two attached hydrogens (primary N) is 1. The summed E-state index contributed by atoms with van der Waals surface area (Å²) in [4.78, 5) is 0. The molecule has 0 spiro atoms. The summed E-state index contributed by atoms with van der Waals surface area (Å²) in [5.74, 6) is 2.40. The molecule has 102 valence electrons. The normalized spacial score (nSPS) is 25.6. The van der Waals surface area contributed by atoms with Crippen molar-refractivity contribution in [2.75, 3.05) is 0 Å². The molecule has 0 amide bonds. The summed E-state index contributed by atoms with van der Waals surface area (Å²) in [6.07, 6.45) is 5.08. The molecule has 1 unspecified atom stereocenters. The zero-order valence-corrected chi connectivity index (χ0v) is 11.9. The number of rotatable bonds is 2. The number of aryl methyl sites for hydroxylation is 1. The summed E-state index contributed by atoms with van der Waals surface area (Å²) in [6, 6.07) is 8.45. The smallest absolute Gasteiger partial charge is 0.137 e. The van der Waals surface area contributed by atoms with Gasteiger partial charge in [-0.15, -0.1) is 0 Å². The van der Waals surface area contributed by atoms with Gasteiger partial charge in [0.2, 0.25) is 0 Å². The lowest BCUT2D eigenvalue weighted by atomic mass is 9.79. The quantitative estimate of drug-likeness (QED) is 0.856. The molecule has 2 nitrogen and oxygen atoms in total. The van der Waals surface area contributed by atoms with Crippen molar-refractivity contribution >= 4 is 11.0 Å². The van der Waals surface area contributed by atoms with Crippen LogP contribution in [0.5, 0.6) is 0 Å². The van der Waals surface area contributed by atoms with Gasteiger partial charge in [0.25, 0.3) is 0 Å². The maximum Gasteiger partial charge on any atom is 0.137 e. The van der Waals surface area contributed by atoms with Crippen LogP contribution < -0.4 is 5.73 Å². The second-order valence-electron chi connectivity index (χ2n) is 6.19. The molecule has 1 aliphatic rings. The standard InChI is InChI=1S/C17H23NO/c1-11-6-8-13(9-7-11)16(18)15-10-14-5-3-4-12(2)17(14)19-15/h3-5,10-11,13,16H,6-9,18H2,1-2H3. The summed E-state index contributed by atoms with van der Waals surface area (Å²) in [6.45, 7) is 4.43. The van der Waals surface area contributed by atoms with Crippen LogP contribution in [0.15, 0.2) is 28.7 Å². The maximum atomic E-state index is 6.44. The van der Waals surface area contributed by atoms with E-state index in [4.69, 9.17) is 10.2 Å². The molecule has 1 aromatic heterocycles. The van der Waals surface area contributed by atoms with Crippen LogP contribution in [-0.2, 0) is 0 Å². The SMILES string of the molecule is Cc1cccc2cc(C(N)C3CCC(C)CC3)oc12. The minimum Gasteiger partial charge on any atom is -0.459 e. The molecule has 1 aliphatic carbocycles. The van der Waals surface area contributed by atoms with Gasteiger partial charge in [-0.25, -0.2) is 0 Å². The largest absolute Gasteiger partial charge is 0.459 e. The highest BCUT2D eigenvalue weighted by Gasteiger charge is 2.26. The Morgan fingerprint density at radius 3 is 2.63 bits per heavy atom. The van der Waals surface area contributed by atoms with Gasteiger partial charge in [-0.2, -0.15) is 0 Å². The van der Waals surface area contributed by atoms with Crippen LogP contribution in [0.4, 0.5) is 0 Å². The topological polar surface area (TPSA) is 39.2 Å². The molecule has 1 atom stereocenters. The second-order valence-corrected chi connectivity index (χ2v) is 6.19. The van der Waals surface area contributed by atoms with Gasteiger partial charge in [0.1, 0.15) is 11.3 Å². The first-order valence-corrected chi connectivity index (χ1v) is 7.40. The van der Waals surface area contributed by atoms with E-state index < -0.39 is 0 Å². The van der Waals surface area contributed by atoms with Crippen molar-refractivity contribution in [1.82, 2.24) is 0 Å². The van der Waals surface area contributed by atoms with E-state index in [9.17, 15) is 0 Å². The van der Waals surface area contributed by atoms with Crippen LogP contribution in [0.25, 0.3) is 11.0 Å². The molecular weight excluding hydrogens is 234 g/mol. The highest BCUT2D eigenvalue weighted by Crippen LogP contribution is 2.37. The summed E-state index contributed by atoms with van der Waals surface area (Å²) >= 11 is 0. The Kier molecular flexibility index (Phi) is 3.36. The molecule has 2 aromatic rings. The first kappa shape index (κ1) is 12.7. The maximum absolute atomic E-state index is 6.44. The van der Waals surface area contributed by atoms with Crippen molar-refractivity contribution in [2.24, 2.45) is 17.6 Å². The highest BCUT2D eigenvalue weighted by atomic mass is 16.3. The highest BCUT2D eigenvalue weighted by molar-refractivity contribution is 5.81. The van der Waals surface area contributed by atoms with Crippen LogP contribution in [0.1, 0.15) is 50.0 Å². The molecule has 3 rings (SSSR count). The van der Waals surface area contributed by atoms with Crippen molar-refractivity contribution in [1.29, 1.82) is 0 Å². The Morgan fingerprint density at radius 2 is 1.95 bits per heavy atom. The fraction of sp³-hybridized carbons (Fsp3) is 0.529. The van der Waals surface area contributed by atoms with E-state index >= 15 is 0 Å². The minimum atomic E-state index is 0.0549. The summed E-state index contributed by atoms with van der Waals surface area (Å²) in [7, 11) is 0. The number of benzene rings is 1. The zero-order valence-electron chi connectivity index (χ0n) is 11.9. The lowest BCUT2D eigenvalue weighted by Crippen LogP contribution is -2.25. The van der Waals surface area contributed by atoms with Crippen molar-refractivity contribution < 1.29 is 4.42 Å². The number of hydrogen-bond donors (Lipinski definition) is 1. The van der Waals surface area contributed by atoms with Crippen molar-refractivity contribution in [2.45, 2.75) is 45.6 Å². The Hall–Kier alpha value is -1.28. The van der Waals surface area contributed by atoms with Crippen molar-refractivity contribution in [3.05, 3.63) is 35.6 Å². The van der Waals surface area contributed by atoms with Gasteiger partial charge in [0, 0.05) is 5.39 Å². The van der Waals surface area contributed by atoms with Crippen LogP contribution in [0.3, 0.4) is 0 Å². The molecule has 19 heavy (non-hydrogen) atoms. The first-order chi connectivity index (χ1) is 9.15. The van der Waals surface area contributed by atoms with Gasteiger partial charge < -0.3 is 10.2 Å².